The maximum Gasteiger partial charge on any atom is 0.244 e. The Morgan fingerprint density at radius 2 is 1.74 bits per heavy atom. The number of carbonyl (C=O) groups excluding carboxylic acids is 2. The molecule has 0 spiro atoms. The van der Waals surface area contributed by atoms with Crippen LogP contribution in [-0.4, -0.2) is 57.1 Å². The molecule has 0 aliphatic carbocycles. The van der Waals surface area contributed by atoms with Crippen molar-refractivity contribution in [3.63, 3.8) is 0 Å². The summed E-state index contributed by atoms with van der Waals surface area (Å²) in [6, 6.07) is 11.2. The van der Waals surface area contributed by atoms with Crippen LogP contribution in [0.5, 0.6) is 5.75 Å². The van der Waals surface area contributed by atoms with Gasteiger partial charge in [-0.15, -0.1) is 0 Å². The molecule has 0 aromatic heterocycles. The summed E-state index contributed by atoms with van der Waals surface area (Å²) in [4.78, 5) is 28.0. The largest absolute Gasteiger partial charge is 0.497 e. The molecule has 0 radical (unpaired) electrons. The van der Waals surface area contributed by atoms with Crippen molar-refractivity contribution in [2.24, 2.45) is 0 Å². The van der Waals surface area contributed by atoms with Crippen molar-refractivity contribution >= 4 is 27.5 Å². The molecule has 0 bridgehead atoms. The van der Waals surface area contributed by atoms with Crippen LogP contribution in [0.3, 0.4) is 0 Å². The SMILES string of the molecule is CC[C@H](C)NC(=O)[C@H](CC)N(Cc1ccc(OC)cc1)C(=O)CN(c1cccc(F)c1)S(C)(=O)=O. The second-order valence-corrected chi connectivity index (χ2v) is 10.3. The van der Waals surface area contributed by atoms with Crippen LogP contribution in [0.25, 0.3) is 0 Å². The third-order valence-electron chi connectivity index (χ3n) is 5.67. The molecule has 10 heteroatoms. The van der Waals surface area contributed by atoms with E-state index in [-0.39, 0.29) is 24.2 Å². The van der Waals surface area contributed by atoms with Gasteiger partial charge in [0.2, 0.25) is 21.8 Å². The number of ether oxygens (including phenoxy) is 1. The lowest BCUT2D eigenvalue weighted by Crippen LogP contribution is -2.53. The van der Waals surface area contributed by atoms with Crippen molar-refractivity contribution in [3.8, 4) is 5.75 Å². The van der Waals surface area contributed by atoms with Gasteiger partial charge in [-0.25, -0.2) is 12.8 Å². The number of hydrogen-bond acceptors (Lipinski definition) is 5. The lowest BCUT2D eigenvalue weighted by molar-refractivity contribution is -0.140. The molecular weight excluding hydrogens is 473 g/mol. The molecule has 1 N–H and O–H groups in total. The van der Waals surface area contributed by atoms with Gasteiger partial charge in [0, 0.05) is 12.6 Å². The van der Waals surface area contributed by atoms with Gasteiger partial charge in [0.25, 0.3) is 0 Å². The highest BCUT2D eigenvalue weighted by Gasteiger charge is 2.32. The summed E-state index contributed by atoms with van der Waals surface area (Å²) in [6.45, 7) is 5.10. The molecule has 2 aromatic rings. The lowest BCUT2D eigenvalue weighted by atomic mass is 10.1. The van der Waals surface area contributed by atoms with Crippen LogP contribution in [0.1, 0.15) is 39.2 Å². The minimum Gasteiger partial charge on any atom is -0.497 e. The van der Waals surface area contributed by atoms with Crippen LogP contribution in [-0.2, 0) is 26.2 Å². The second-order valence-electron chi connectivity index (χ2n) is 8.36. The minimum atomic E-state index is -3.92. The number of anilines is 1. The molecule has 0 aliphatic heterocycles. The summed E-state index contributed by atoms with van der Waals surface area (Å²) in [5.41, 5.74) is 0.771. The Kier molecular flexibility index (Phi) is 10.1. The maximum atomic E-state index is 13.8. The monoisotopic (exact) mass is 507 g/mol. The number of carbonyl (C=O) groups is 2. The Hall–Kier alpha value is -3.14. The summed E-state index contributed by atoms with van der Waals surface area (Å²) < 4.78 is 44.9. The Morgan fingerprint density at radius 1 is 1.09 bits per heavy atom. The van der Waals surface area contributed by atoms with Gasteiger partial charge in [-0.2, -0.15) is 0 Å². The van der Waals surface area contributed by atoms with Crippen molar-refractivity contribution in [2.45, 2.75) is 52.2 Å². The van der Waals surface area contributed by atoms with Gasteiger partial charge < -0.3 is 15.0 Å². The van der Waals surface area contributed by atoms with E-state index >= 15 is 0 Å². The Morgan fingerprint density at radius 3 is 2.26 bits per heavy atom. The number of methoxy groups -OCH3 is 1. The van der Waals surface area contributed by atoms with Gasteiger partial charge in [0.05, 0.1) is 19.1 Å². The number of sulfonamides is 1. The van der Waals surface area contributed by atoms with Gasteiger partial charge in [-0.05, 0) is 55.7 Å². The highest BCUT2D eigenvalue weighted by molar-refractivity contribution is 7.92. The topological polar surface area (TPSA) is 96.0 Å². The lowest BCUT2D eigenvalue weighted by Gasteiger charge is -2.33. The number of amides is 2. The fourth-order valence-electron chi connectivity index (χ4n) is 3.53. The van der Waals surface area contributed by atoms with Crippen LogP contribution in [0.15, 0.2) is 48.5 Å². The van der Waals surface area contributed by atoms with Crippen molar-refractivity contribution in [1.82, 2.24) is 10.2 Å². The first-order valence-electron chi connectivity index (χ1n) is 11.5. The maximum absolute atomic E-state index is 13.8. The van der Waals surface area contributed by atoms with E-state index in [0.29, 0.717) is 12.2 Å². The van der Waals surface area contributed by atoms with E-state index < -0.39 is 34.3 Å². The van der Waals surface area contributed by atoms with Crippen LogP contribution >= 0.6 is 0 Å². The van der Waals surface area contributed by atoms with Crippen LogP contribution < -0.4 is 14.4 Å². The highest BCUT2D eigenvalue weighted by atomic mass is 32.2. The van der Waals surface area contributed by atoms with Crippen LogP contribution in [0, 0.1) is 5.82 Å². The summed E-state index contributed by atoms with van der Waals surface area (Å²) >= 11 is 0. The molecule has 2 amide bonds. The average molecular weight is 508 g/mol. The fourth-order valence-corrected chi connectivity index (χ4v) is 4.37. The number of nitrogens with zero attached hydrogens (tertiary/aromatic N) is 2. The van der Waals surface area contributed by atoms with Crippen molar-refractivity contribution in [3.05, 3.63) is 59.9 Å². The van der Waals surface area contributed by atoms with Gasteiger partial charge in [-0.3, -0.25) is 13.9 Å². The second kappa shape index (κ2) is 12.5. The normalized spacial score (nSPS) is 13.0. The van der Waals surface area contributed by atoms with Gasteiger partial charge in [0.1, 0.15) is 24.2 Å². The van der Waals surface area contributed by atoms with Crippen molar-refractivity contribution in [1.29, 1.82) is 0 Å². The number of nitrogens with one attached hydrogen (secondary N) is 1. The van der Waals surface area contributed by atoms with Gasteiger partial charge >= 0.3 is 0 Å². The predicted octanol–water partition coefficient (Wildman–Crippen LogP) is 3.32. The zero-order valence-corrected chi connectivity index (χ0v) is 21.6. The molecule has 0 heterocycles. The molecule has 0 saturated carbocycles. The molecule has 2 aromatic carbocycles. The van der Waals surface area contributed by atoms with Gasteiger partial charge in [-0.1, -0.05) is 32.0 Å². The Labute approximate surface area is 207 Å². The van der Waals surface area contributed by atoms with Gasteiger partial charge in [0.15, 0.2) is 0 Å². The van der Waals surface area contributed by atoms with Crippen molar-refractivity contribution in [2.75, 3.05) is 24.2 Å². The molecular formula is C25H34FN3O5S. The molecule has 192 valence electrons. The van der Waals surface area contributed by atoms with E-state index in [1.807, 2.05) is 13.8 Å². The molecule has 8 nitrogen and oxygen atoms in total. The minimum absolute atomic E-state index is 0.0300. The molecule has 35 heavy (non-hydrogen) atoms. The van der Waals surface area contributed by atoms with E-state index in [1.165, 1.54) is 23.1 Å². The summed E-state index contributed by atoms with van der Waals surface area (Å²) in [7, 11) is -2.37. The third kappa shape index (κ3) is 7.95. The van der Waals surface area contributed by atoms with E-state index in [2.05, 4.69) is 5.32 Å². The first-order valence-corrected chi connectivity index (χ1v) is 13.3. The third-order valence-corrected chi connectivity index (χ3v) is 6.81. The van der Waals surface area contributed by atoms with E-state index in [9.17, 15) is 22.4 Å². The molecule has 0 saturated heterocycles. The molecule has 0 fully saturated rings. The molecule has 2 atom stereocenters. The number of hydrogen-bond donors (Lipinski definition) is 1. The van der Waals surface area contributed by atoms with Crippen molar-refractivity contribution < 1.29 is 27.1 Å². The Bertz CT molecular complexity index is 1110. The molecule has 0 aliphatic rings. The smallest absolute Gasteiger partial charge is 0.244 e. The first-order chi connectivity index (χ1) is 16.5. The zero-order chi connectivity index (χ0) is 26.2. The zero-order valence-electron chi connectivity index (χ0n) is 20.8. The fraction of sp³-hybridized carbons (Fsp3) is 0.440. The number of benzene rings is 2. The first kappa shape index (κ1) is 28.1. The van der Waals surface area contributed by atoms with E-state index in [0.717, 1.165) is 28.6 Å². The van der Waals surface area contributed by atoms with Crippen LogP contribution in [0.4, 0.5) is 10.1 Å². The van der Waals surface area contributed by atoms with Crippen LogP contribution in [0.2, 0.25) is 0 Å². The summed E-state index contributed by atoms with van der Waals surface area (Å²) in [6.07, 6.45) is 1.99. The molecule has 0 unspecified atom stereocenters. The predicted molar refractivity (Wildman–Crippen MR) is 134 cm³/mol. The van der Waals surface area contributed by atoms with E-state index in [4.69, 9.17) is 4.74 Å². The highest BCUT2D eigenvalue weighted by Crippen LogP contribution is 2.21. The average Bonchev–Trinajstić information content (AvgIpc) is 2.81. The molecule has 2 rings (SSSR count). The standard InChI is InChI=1S/C25H34FN3O5S/c1-6-18(3)27-25(31)23(7-2)28(16-19-11-13-22(34-4)14-12-19)24(30)17-29(35(5,32)33)21-10-8-9-20(26)15-21/h8-15,18,23H,6-7,16-17H2,1-5H3,(H,27,31)/t18-,23-/m0/s1. The number of rotatable bonds is 12. The number of halogens is 1. The summed E-state index contributed by atoms with van der Waals surface area (Å²) in [5, 5.41) is 2.91. The summed E-state index contributed by atoms with van der Waals surface area (Å²) in [5.74, 6) is -0.886. The Balaban J connectivity index is 2.43. The van der Waals surface area contributed by atoms with E-state index in [1.54, 1.807) is 38.3 Å². The quantitative estimate of drug-likeness (QED) is 0.476.